The Balaban J connectivity index is 2.46. The van der Waals surface area contributed by atoms with Crippen molar-refractivity contribution in [2.75, 3.05) is 25.6 Å². The van der Waals surface area contributed by atoms with Gasteiger partial charge in [-0.05, 0) is 6.42 Å². The Labute approximate surface area is 91.9 Å². The maximum Gasteiger partial charge on any atom is 0.184 e. The van der Waals surface area contributed by atoms with Crippen LogP contribution in [-0.4, -0.2) is 36.5 Å². The SMILES string of the molecule is COCC(CCO)Nc1nc(Cl)cs1. The van der Waals surface area contributed by atoms with Gasteiger partial charge in [0.15, 0.2) is 5.13 Å². The van der Waals surface area contributed by atoms with Gasteiger partial charge in [0.1, 0.15) is 5.15 Å². The van der Waals surface area contributed by atoms with Gasteiger partial charge in [-0.15, -0.1) is 11.3 Å². The summed E-state index contributed by atoms with van der Waals surface area (Å²) in [5.41, 5.74) is 0. The highest BCUT2D eigenvalue weighted by molar-refractivity contribution is 7.14. The number of ether oxygens (including phenoxy) is 1. The molecule has 6 heteroatoms. The lowest BCUT2D eigenvalue weighted by molar-refractivity contribution is 0.170. The predicted octanol–water partition coefficient (Wildman–Crippen LogP) is 1.61. The van der Waals surface area contributed by atoms with E-state index in [1.165, 1.54) is 11.3 Å². The summed E-state index contributed by atoms with van der Waals surface area (Å²) in [7, 11) is 1.63. The van der Waals surface area contributed by atoms with Gasteiger partial charge in [-0.1, -0.05) is 11.6 Å². The van der Waals surface area contributed by atoms with Gasteiger partial charge in [0.2, 0.25) is 0 Å². The highest BCUT2D eigenvalue weighted by atomic mass is 35.5. The van der Waals surface area contributed by atoms with Gasteiger partial charge in [0.25, 0.3) is 0 Å². The van der Waals surface area contributed by atoms with Crippen molar-refractivity contribution in [1.82, 2.24) is 4.98 Å². The van der Waals surface area contributed by atoms with Crippen molar-refractivity contribution in [3.05, 3.63) is 10.5 Å². The summed E-state index contributed by atoms with van der Waals surface area (Å²) in [6.07, 6.45) is 0.630. The maximum atomic E-state index is 8.81. The van der Waals surface area contributed by atoms with Crippen LogP contribution in [0.5, 0.6) is 0 Å². The second kappa shape index (κ2) is 6.19. The molecular weight excluding hydrogens is 224 g/mol. The van der Waals surface area contributed by atoms with E-state index in [-0.39, 0.29) is 12.6 Å². The lowest BCUT2D eigenvalue weighted by atomic mass is 10.2. The number of aliphatic hydroxyl groups is 1. The molecule has 0 radical (unpaired) electrons. The number of rotatable bonds is 6. The van der Waals surface area contributed by atoms with Crippen LogP contribution in [0.25, 0.3) is 0 Å². The molecule has 0 aliphatic rings. The van der Waals surface area contributed by atoms with Crippen molar-refractivity contribution >= 4 is 28.1 Å². The number of nitrogens with zero attached hydrogens (tertiary/aromatic N) is 1. The normalized spacial score (nSPS) is 12.8. The van der Waals surface area contributed by atoms with Crippen molar-refractivity contribution in [1.29, 1.82) is 0 Å². The number of aliphatic hydroxyl groups excluding tert-OH is 1. The van der Waals surface area contributed by atoms with E-state index >= 15 is 0 Å². The van der Waals surface area contributed by atoms with Crippen LogP contribution >= 0.6 is 22.9 Å². The predicted molar refractivity (Wildman–Crippen MR) is 58.1 cm³/mol. The number of halogens is 1. The Kier molecular flexibility index (Phi) is 5.17. The Bertz CT molecular complexity index is 264. The van der Waals surface area contributed by atoms with E-state index in [1.807, 2.05) is 0 Å². The van der Waals surface area contributed by atoms with Gasteiger partial charge < -0.3 is 15.2 Å². The molecule has 0 fully saturated rings. The molecular formula is C8H13ClN2O2S. The molecule has 1 heterocycles. The van der Waals surface area contributed by atoms with Crippen molar-refractivity contribution in [2.45, 2.75) is 12.5 Å². The minimum Gasteiger partial charge on any atom is -0.396 e. The van der Waals surface area contributed by atoms with Crippen LogP contribution in [0.15, 0.2) is 5.38 Å². The third kappa shape index (κ3) is 3.79. The van der Waals surface area contributed by atoms with Gasteiger partial charge in [-0.25, -0.2) is 4.98 Å². The van der Waals surface area contributed by atoms with Crippen LogP contribution in [-0.2, 0) is 4.74 Å². The molecule has 1 aromatic rings. The third-order valence-corrected chi connectivity index (χ3v) is 2.75. The van der Waals surface area contributed by atoms with E-state index in [0.717, 1.165) is 5.13 Å². The number of methoxy groups -OCH3 is 1. The zero-order valence-corrected chi connectivity index (χ0v) is 9.44. The largest absolute Gasteiger partial charge is 0.396 e. The summed E-state index contributed by atoms with van der Waals surface area (Å²) in [5.74, 6) is 0. The van der Waals surface area contributed by atoms with Crippen molar-refractivity contribution in [3.63, 3.8) is 0 Å². The number of aromatic nitrogens is 1. The van der Waals surface area contributed by atoms with Crippen LogP contribution in [0.1, 0.15) is 6.42 Å². The zero-order valence-electron chi connectivity index (χ0n) is 7.86. The number of anilines is 1. The average molecular weight is 237 g/mol. The molecule has 0 saturated heterocycles. The Morgan fingerprint density at radius 2 is 2.57 bits per heavy atom. The van der Waals surface area contributed by atoms with Crippen LogP contribution in [0.4, 0.5) is 5.13 Å². The monoisotopic (exact) mass is 236 g/mol. The highest BCUT2D eigenvalue weighted by Gasteiger charge is 2.09. The van der Waals surface area contributed by atoms with Crippen molar-refractivity contribution in [2.24, 2.45) is 0 Å². The summed E-state index contributed by atoms with van der Waals surface area (Å²) in [4.78, 5) is 4.05. The van der Waals surface area contributed by atoms with E-state index in [4.69, 9.17) is 21.4 Å². The van der Waals surface area contributed by atoms with Crippen molar-refractivity contribution in [3.8, 4) is 0 Å². The molecule has 1 rings (SSSR count). The van der Waals surface area contributed by atoms with E-state index in [2.05, 4.69) is 10.3 Å². The first-order chi connectivity index (χ1) is 6.76. The van der Waals surface area contributed by atoms with E-state index in [1.54, 1.807) is 12.5 Å². The summed E-state index contributed by atoms with van der Waals surface area (Å²) in [6.45, 7) is 0.665. The third-order valence-electron chi connectivity index (χ3n) is 1.65. The molecule has 0 bridgehead atoms. The fourth-order valence-corrected chi connectivity index (χ4v) is 1.96. The van der Waals surface area contributed by atoms with Crippen LogP contribution in [0.2, 0.25) is 5.15 Å². The number of nitrogens with one attached hydrogen (secondary N) is 1. The second-order valence-corrected chi connectivity index (χ2v) is 4.03. The molecule has 0 saturated carbocycles. The Morgan fingerprint density at radius 3 is 3.07 bits per heavy atom. The van der Waals surface area contributed by atoms with Crippen LogP contribution in [0.3, 0.4) is 0 Å². The molecule has 4 nitrogen and oxygen atoms in total. The summed E-state index contributed by atoms with van der Waals surface area (Å²) >= 11 is 7.11. The smallest absolute Gasteiger partial charge is 0.184 e. The molecule has 0 aliphatic heterocycles. The molecule has 1 unspecified atom stereocenters. The van der Waals surface area contributed by atoms with Gasteiger partial charge in [0, 0.05) is 19.1 Å². The van der Waals surface area contributed by atoms with E-state index in [0.29, 0.717) is 18.2 Å². The molecule has 2 N–H and O–H groups in total. The zero-order chi connectivity index (χ0) is 10.4. The van der Waals surface area contributed by atoms with Gasteiger partial charge in [-0.3, -0.25) is 0 Å². The van der Waals surface area contributed by atoms with Crippen molar-refractivity contribution < 1.29 is 9.84 Å². The van der Waals surface area contributed by atoms with E-state index < -0.39 is 0 Å². The Hall–Kier alpha value is -0.360. The molecule has 0 amide bonds. The minimum atomic E-state index is 0.0761. The molecule has 14 heavy (non-hydrogen) atoms. The standard InChI is InChI=1S/C8H13ClN2O2S/c1-13-4-6(2-3-12)10-8-11-7(9)5-14-8/h5-6,12H,2-4H2,1H3,(H,10,11). The second-order valence-electron chi connectivity index (χ2n) is 2.78. The van der Waals surface area contributed by atoms with Gasteiger partial charge in [-0.2, -0.15) is 0 Å². The topological polar surface area (TPSA) is 54.4 Å². The van der Waals surface area contributed by atoms with Crippen LogP contribution in [0, 0.1) is 0 Å². The van der Waals surface area contributed by atoms with E-state index in [9.17, 15) is 0 Å². The molecule has 1 aromatic heterocycles. The fraction of sp³-hybridized carbons (Fsp3) is 0.625. The molecule has 80 valence electrons. The Morgan fingerprint density at radius 1 is 1.79 bits per heavy atom. The first-order valence-corrected chi connectivity index (χ1v) is 5.49. The molecule has 0 aromatic carbocycles. The number of hydrogen-bond acceptors (Lipinski definition) is 5. The average Bonchev–Trinajstić information content (AvgIpc) is 2.52. The van der Waals surface area contributed by atoms with Crippen LogP contribution < -0.4 is 5.32 Å². The molecule has 0 aliphatic carbocycles. The summed E-state index contributed by atoms with van der Waals surface area (Å²) < 4.78 is 5.01. The fourth-order valence-electron chi connectivity index (χ4n) is 1.05. The molecule has 0 spiro atoms. The molecule has 1 atom stereocenters. The lowest BCUT2D eigenvalue weighted by Crippen LogP contribution is -2.25. The number of hydrogen-bond donors (Lipinski definition) is 2. The lowest BCUT2D eigenvalue weighted by Gasteiger charge is -2.15. The minimum absolute atomic E-state index is 0.0761. The quantitative estimate of drug-likeness (QED) is 0.788. The maximum absolute atomic E-state index is 8.81. The summed E-state index contributed by atoms with van der Waals surface area (Å²) in [6, 6.07) is 0.0761. The summed E-state index contributed by atoms with van der Waals surface area (Å²) in [5, 5.41) is 14.9. The first kappa shape index (κ1) is 11.7. The number of thiazole rings is 1. The highest BCUT2D eigenvalue weighted by Crippen LogP contribution is 2.20. The van der Waals surface area contributed by atoms with Gasteiger partial charge >= 0.3 is 0 Å². The first-order valence-electron chi connectivity index (χ1n) is 4.23. The van der Waals surface area contributed by atoms with Gasteiger partial charge in [0.05, 0.1) is 12.6 Å².